The minimum atomic E-state index is -4.33. The summed E-state index contributed by atoms with van der Waals surface area (Å²) >= 11 is 0. The monoisotopic (exact) mass is 205 g/mol. The SMILES string of the molecule is FC(F)(F)c1cc2n(n1)CCNCC2. The summed E-state index contributed by atoms with van der Waals surface area (Å²) in [5.41, 5.74) is -0.128. The van der Waals surface area contributed by atoms with Gasteiger partial charge in [0.15, 0.2) is 5.69 Å². The first-order valence-electron chi connectivity index (χ1n) is 4.42. The summed E-state index contributed by atoms with van der Waals surface area (Å²) in [7, 11) is 0. The summed E-state index contributed by atoms with van der Waals surface area (Å²) in [6, 6.07) is 1.13. The lowest BCUT2D eigenvalue weighted by molar-refractivity contribution is -0.141. The predicted octanol–water partition coefficient (Wildman–Crippen LogP) is 1.05. The van der Waals surface area contributed by atoms with Gasteiger partial charge in [0, 0.05) is 25.2 Å². The van der Waals surface area contributed by atoms with Crippen molar-refractivity contribution in [2.24, 2.45) is 0 Å². The Morgan fingerprint density at radius 2 is 2.14 bits per heavy atom. The van der Waals surface area contributed by atoms with Gasteiger partial charge < -0.3 is 5.32 Å². The van der Waals surface area contributed by atoms with Gasteiger partial charge in [-0.15, -0.1) is 0 Å². The van der Waals surface area contributed by atoms with Crippen molar-refractivity contribution in [1.29, 1.82) is 0 Å². The maximum Gasteiger partial charge on any atom is 0.435 e. The summed E-state index contributed by atoms with van der Waals surface area (Å²) < 4.78 is 38.3. The van der Waals surface area contributed by atoms with Crippen LogP contribution in [-0.2, 0) is 19.1 Å². The van der Waals surface area contributed by atoms with Crippen molar-refractivity contribution in [3.05, 3.63) is 17.5 Å². The Labute approximate surface area is 78.9 Å². The first-order chi connectivity index (χ1) is 6.57. The fourth-order valence-corrected chi connectivity index (χ4v) is 1.52. The summed E-state index contributed by atoms with van der Waals surface area (Å²) in [4.78, 5) is 0. The Balaban J connectivity index is 2.31. The van der Waals surface area contributed by atoms with Crippen LogP contribution in [-0.4, -0.2) is 22.9 Å². The molecule has 0 saturated carbocycles. The van der Waals surface area contributed by atoms with E-state index in [0.29, 0.717) is 31.7 Å². The van der Waals surface area contributed by atoms with Crippen LogP contribution in [0, 0.1) is 0 Å². The fraction of sp³-hybridized carbons (Fsp3) is 0.625. The van der Waals surface area contributed by atoms with Crippen LogP contribution >= 0.6 is 0 Å². The van der Waals surface area contributed by atoms with E-state index in [1.165, 1.54) is 4.68 Å². The molecule has 1 N–H and O–H groups in total. The maximum absolute atomic E-state index is 12.3. The number of aromatic nitrogens is 2. The molecule has 1 aromatic rings. The summed E-state index contributed by atoms with van der Waals surface area (Å²) in [5.74, 6) is 0. The van der Waals surface area contributed by atoms with Gasteiger partial charge in [-0.05, 0) is 6.07 Å². The number of halogens is 3. The van der Waals surface area contributed by atoms with E-state index in [4.69, 9.17) is 0 Å². The quantitative estimate of drug-likeness (QED) is 0.686. The molecule has 0 bridgehead atoms. The van der Waals surface area contributed by atoms with Gasteiger partial charge in [0.25, 0.3) is 0 Å². The number of hydrogen-bond acceptors (Lipinski definition) is 2. The third-order valence-electron chi connectivity index (χ3n) is 2.21. The van der Waals surface area contributed by atoms with Gasteiger partial charge in [-0.1, -0.05) is 0 Å². The number of hydrogen-bond donors (Lipinski definition) is 1. The molecule has 0 unspecified atom stereocenters. The molecule has 14 heavy (non-hydrogen) atoms. The molecule has 1 aliphatic rings. The lowest BCUT2D eigenvalue weighted by Crippen LogP contribution is -2.18. The van der Waals surface area contributed by atoms with Crippen LogP contribution in [0.5, 0.6) is 0 Å². The normalized spacial score (nSPS) is 17.6. The van der Waals surface area contributed by atoms with Crippen molar-refractivity contribution in [2.75, 3.05) is 13.1 Å². The minimum Gasteiger partial charge on any atom is -0.315 e. The molecule has 0 amide bonds. The number of rotatable bonds is 0. The lowest BCUT2D eigenvalue weighted by Gasteiger charge is -2.01. The first-order valence-corrected chi connectivity index (χ1v) is 4.42. The highest BCUT2D eigenvalue weighted by Crippen LogP contribution is 2.28. The zero-order chi connectivity index (χ0) is 10.2. The van der Waals surface area contributed by atoms with Crippen molar-refractivity contribution >= 4 is 0 Å². The largest absolute Gasteiger partial charge is 0.435 e. The highest BCUT2D eigenvalue weighted by molar-refractivity contribution is 5.14. The van der Waals surface area contributed by atoms with E-state index < -0.39 is 11.9 Å². The van der Waals surface area contributed by atoms with Crippen molar-refractivity contribution in [1.82, 2.24) is 15.1 Å². The third-order valence-corrected chi connectivity index (χ3v) is 2.21. The van der Waals surface area contributed by atoms with Gasteiger partial charge in [-0.3, -0.25) is 4.68 Å². The lowest BCUT2D eigenvalue weighted by atomic mass is 10.3. The van der Waals surface area contributed by atoms with E-state index >= 15 is 0 Å². The Morgan fingerprint density at radius 3 is 2.86 bits per heavy atom. The van der Waals surface area contributed by atoms with Crippen LogP contribution in [0.2, 0.25) is 0 Å². The molecule has 2 rings (SSSR count). The Kier molecular flexibility index (Phi) is 2.22. The third kappa shape index (κ3) is 1.75. The molecule has 0 aromatic carbocycles. The maximum atomic E-state index is 12.3. The number of fused-ring (bicyclic) bond motifs is 1. The van der Waals surface area contributed by atoms with Gasteiger partial charge in [-0.2, -0.15) is 18.3 Å². The van der Waals surface area contributed by atoms with Crippen molar-refractivity contribution in [3.63, 3.8) is 0 Å². The Morgan fingerprint density at radius 1 is 1.36 bits per heavy atom. The minimum absolute atomic E-state index is 0.505. The zero-order valence-electron chi connectivity index (χ0n) is 7.43. The van der Waals surface area contributed by atoms with E-state index in [1.54, 1.807) is 0 Å². The molecule has 1 aliphatic heterocycles. The van der Waals surface area contributed by atoms with Gasteiger partial charge in [0.2, 0.25) is 0 Å². The molecule has 0 saturated heterocycles. The van der Waals surface area contributed by atoms with E-state index in [0.717, 1.165) is 6.07 Å². The standard InChI is InChI=1S/C8H10F3N3/c9-8(10,11)7-5-6-1-2-12-3-4-14(6)13-7/h5,12H,1-4H2. The highest BCUT2D eigenvalue weighted by atomic mass is 19.4. The van der Waals surface area contributed by atoms with Gasteiger partial charge in [0.1, 0.15) is 0 Å². The van der Waals surface area contributed by atoms with Crippen molar-refractivity contribution < 1.29 is 13.2 Å². The molecule has 6 heteroatoms. The van der Waals surface area contributed by atoms with Crippen LogP contribution in [0.4, 0.5) is 13.2 Å². The smallest absolute Gasteiger partial charge is 0.315 e. The summed E-state index contributed by atoms with van der Waals surface area (Å²) in [6.07, 6.45) is -3.73. The molecule has 0 fully saturated rings. The van der Waals surface area contributed by atoms with Gasteiger partial charge in [0.05, 0.1) is 6.54 Å². The average Bonchev–Trinajstić information content (AvgIpc) is 2.38. The van der Waals surface area contributed by atoms with Crippen molar-refractivity contribution in [3.8, 4) is 0 Å². The number of nitrogens with one attached hydrogen (secondary N) is 1. The molecule has 3 nitrogen and oxygen atoms in total. The molecular formula is C8H10F3N3. The number of alkyl halides is 3. The molecule has 0 atom stereocenters. The van der Waals surface area contributed by atoms with Crippen LogP contribution in [0.1, 0.15) is 11.4 Å². The average molecular weight is 205 g/mol. The molecule has 1 aromatic heterocycles. The van der Waals surface area contributed by atoms with Gasteiger partial charge >= 0.3 is 6.18 Å². The Bertz CT molecular complexity index is 306. The van der Waals surface area contributed by atoms with Crippen LogP contribution in [0.3, 0.4) is 0 Å². The molecule has 0 radical (unpaired) electrons. The van der Waals surface area contributed by atoms with Crippen molar-refractivity contribution in [2.45, 2.75) is 19.1 Å². The number of nitrogens with zero attached hydrogens (tertiary/aromatic N) is 2. The molecule has 0 aliphatic carbocycles. The molecule has 2 heterocycles. The predicted molar refractivity (Wildman–Crippen MR) is 43.8 cm³/mol. The second kappa shape index (κ2) is 3.27. The topological polar surface area (TPSA) is 29.9 Å². The highest BCUT2D eigenvalue weighted by Gasteiger charge is 2.34. The van der Waals surface area contributed by atoms with Gasteiger partial charge in [-0.25, -0.2) is 0 Å². The summed E-state index contributed by atoms with van der Waals surface area (Å²) in [6.45, 7) is 1.89. The molecule has 0 spiro atoms. The fourth-order valence-electron chi connectivity index (χ4n) is 1.52. The second-order valence-corrected chi connectivity index (χ2v) is 3.24. The van der Waals surface area contributed by atoms with E-state index in [-0.39, 0.29) is 0 Å². The second-order valence-electron chi connectivity index (χ2n) is 3.24. The molecular weight excluding hydrogens is 195 g/mol. The first kappa shape index (κ1) is 9.51. The van der Waals surface area contributed by atoms with Crippen LogP contribution < -0.4 is 5.32 Å². The van der Waals surface area contributed by atoms with Crippen LogP contribution in [0.15, 0.2) is 6.07 Å². The zero-order valence-corrected chi connectivity index (χ0v) is 7.43. The van der Waals surface area contributed by atoms with E-state index in [2.05, 4.69) is 10.4 Å². The van der Waals surface area contributed by atoms with E-state index in [1.807, 2.05) is 0 Å². The summed E-state index contributed by atoms with van der Waals surface area (Å²) in [5, 5.41) is 6.63. The Hall–Kier alpha value is -1.04. The molecule has 78 valence electrons. The van der Waals surface area contributed by atoms with E-state index in [9.17, 15) is 13.2 Å². The van der Waals surface area contributed by atoms with Crippen LogP contribution in [0.25, 0.3) is 0 Å².